The number of aryl methyl sites for hydroxylation is 1. The number of pyridine rings is 2. The normalized spacial score (nSPS) is 14.4. The summed E-state index contributed by atoms with van der Waals surface area (Å²) >= 11 is 1.58. The number of anilines is 1. The molecule has 7 heteroatoms. The summed E-state index contributed by atoms with van der Waals surface area (Å²) in [6, 6.07) is 7.42. The Balaban J connectivity index is 1.95. The average molecular weight is 383 g/mol. The Morgan fingerprint density at radius 1 is 1.30 bits per heavy atom. The van der Waals surface area contributed by atoms with Gasteiger partial charge in [-0.1, -0.05) is 6.07 Å². The van der Waals surface area contributed by atoms with Crippen molar-refractivity contribution in [3.63, 3.8) is 0 Å². The quantitative estimate of drug-likeness (QED) is 0.401. The lowest BCUT2D eigenvalue weighted by molar-refractivity contribution is -0.108. The van der Waals surface area contributed by atoms with E-state index in [1.807, 2.05) is 35.9 Å². The van der Waals surface area contributed by atoms with Gasteiger partial charge in [-0.15, -0.1) is 11.8 Å². The summed E-state index contributed by atoms with van der Waals surface area (Å²) in [6.45, 7) is 4.46. The zero-order valence-electron chi connectivity index (χ0n) is 15.3. The number of hydrogen-bond donors (Lipinski definition) is 1. The van der Waals surface area contributed by atoms with Crippen molar-refractivity contribution in [2.75, 3.05) is 31.3 Å². The molecule has 0 amide bonds. The molecule has 0 bridgehead atoms. The van der Waals surface area contributed by atoms with Gasteiger partial charge in [0.1, 0.15) is 17.8 Å². The van der Waals surface area contributed by atoms with Crippen LogP contribution in [0, 0.1) is 12.8 Å². The van der Waals surface area contributed by atoms with Crippen molar-refractivity contribution in [3.05, 3.63) is 40.1 Å². The largest absolute Gasteiger partial charge is 0.381 e. The van der Waals surface area contributed by atoms with Gasteiger partial charge in [-0.3, -0.25) is 4.79 Å². The lowest BCUT2D eigenvalue weighted by Crippen LogP contribution is -2.33. The lowest BCUT2D eigenvalue weighted by atomic mass is 10.1. The van der Waals surface area contributed by atoms with E-state index in [0.29, 0.717) is 28.2 Å². The Labute approximate surface area is 160 Å². The van der Waals surface area contributed by atoms with Gasteiger partial charge in [0.2, 0.25) is 0 Å². The molecule has 0 aliphatic carbocycles. The topological polar surface area (TPSA) is 73.2 Å². The van der Waals surface area contributed by atoms with Crippen LogP contribution in [-0.2, 0) is 16.1 Å². The maximum atomic E-state index is 13.1. The number of carbonyl (C=O) groups is 1. The molecule has 140 valence electrons. The molecule has 1 saturated heterocycles. The molecule has 0 unspecified atom stereocenters. The van der Waals surface area contributed by atoms with Gasteiger partial charge >= 0.3 is 0 Å². The van der Waals surface area contributed by atoms with E-state index >= 15 is 0 Å². The van der Waals surface area contributed by atoms with Crippen LogP contribution in [0.25, 0.3) is 21.9 Å². The van der Waals surface area contributed by atoms with Gasteiger partial charge in [-0.25, -0.2) is 4.98 Å². The Hall–Kier alpha value is -2.38. The van der Waals surface area contributed by atoms with Crippen molar-refractivity contribution >= 4 is 45.8 Å². The number of thioether (sulfide) groups is 1. The van der Waals surface area contributed by atoms with E-state index < -0.39 is 0 Å². The minimum atomic E-state index is -0.0520. The molecule has 3 heterocycles. The zero-order chi connectivity index (χ0) is 19.0. The number of carbonyl (C=O) groups excluding carboxylic acids is 1. The molecule has 27 heavy (non-hydrogen) atoms. The third-order valence-corrected chi connectivity index (χ3v) is 5.88. The van der Waals surface area contributed by atoms with Gasteiger partial charge < -0.3 is 19.4 Å². The molecular formula is C20H21N3O3S. The molecule has 0 radical (unpaired) electrons. The second kappa shape index (κ2) is 7.32. The monoisotopic (exact) mass is 383 g/mol. The van der Waals surface area contributed by atoms with Crippen LogP contribution in [0.5, 0.6) is 0 Å². The zero-order valence-corrected chi connectivity index (χ0v) is 16.1. The highest BCUT2D eigenvalue weighted by Crippen LogP contribution is 2.30. The summed E-state index contributed by atoms with van der Waals surface area (Å²) in [6.07, 6.45) is 2.83. The summed E-state index contributed by atoms with van der Waals surface area (Å²) in [5.41, 5.74) is 2.34. The van der Waals surface area contributed by atoms with Crippen LogP contribution in [0.15, 0.2) is 34.0 Å². The van der Waals surface area contributed by atoms with Crippen molar-refractivity contribution < 1.29 is 9.53 Å². The molecule has 4 rings (SSSR count). The first-order chi connectivity index (χ1) is 13.1. The number of aldehydes is 1. The van der Waals surface area contributed by atoms with Crippen molar-refractivity contribution in [1.82, 2.24) is 9.55 Å². The van der Waals surface area contributed by atoms with Gasteiger partial charge in [0.25, 0.3) is 0 Å². The number of hydrogen-bond acceptors (Lipinski definition) is 6. The number of benzene rings is 1. The summed E-state index contributed by atoms with van der Waals surface area (Å²) in [5, 5.41) is 4.46. The summed E-state index contributed by atoms with van der Waals surface area (Å²) in [5.74, 6) is 1.19. The molecule has 1 fully saturated rings. The van der Waals surface area contributed by atoms with Crippen molar-refractivity contribution in [2.24, 2.45) is 5.92 Å². The van der Waals surface area contributed by atoms with Crippen LogP contribution in [0.1, 0.15) is 5.56 Å². The van der Waals surface area contributed by atoms with Gasteiger partial charge in [-0.05, 0) is 36.9 Å². The Kier molecular flexibility index (Phi) is 4.88. The average Bonchev–Trinajstić information content (AvgIpc) is 2.63. The second-order valence-corrected chi connectivity index (χ2v) is 7.59. The predicted molar refractivity (Wildman–Crippen MR) is 109 cm³/mol. The van der Waals surface area contributed by atoms with Gasteiger partial charge in [0.15, 0.2) is 5.43 Å². The number of ether oxygens (including phenoxy) is 1. The standard InChI is InChI=1S/C20H21N3O3S/c1-12-3-4-14-17(19(12)27-2)23(7-8-24)20-15(18(14)25)5-6-16(22-20)21-9-13-10-26-11-13/h3-6,8,13H,7,9-11H2,1-2H3,(H,21,22). The molecule has 3 aromatic rings. The highest BCUT2D eigenvalue weighted by Gasteiger charge is 2.19. The van der Waals surface area contributed by atoms with Crippen LogP contribution in [0.2, 0.25) is 0 Å². The first-order valence-corrected chi connectivity index (χ1v) is 10.1. The highest BCUT2D eigenvalue weighted by atomic mass is 32.2. The molecule has 6 nitrogen and oxygen atoms in total. The number of nitrogens with zero attached hydrogens (tertiary/aromatic N) is 2. The molecule has 2 aromatic heterocycles. The third-order valence-electron chi connectivity index (χ3n) is 4.96. The summed E-state index contributed by atoms with van der Waals surface area (Å²) < 4.78 is 7.05. The minimum absolute atomic E-state index is 0.0520. The predicted octanol–water partition coefficient (Wildman–Crippen LogP) is 2.84. The number of nitrogens with one attached hydrogen (secondary N) is 1. The van der Waals surface area contributed by atoms with Crippen LogP contribution in [0.3, 0.4) is 0 Å². The highest BCUT2D eigenvalue weighted by molar-refractivity contribution is 7.98. The Morgan fingerprint density at radius 3 is 2.74 bits per heavy atom. The first kappa shape index (κ1) is 18.0. The van der Waals surface area contributed by atoms with E-state index in [1.165, 1.54) is 0 Å². The molecule has 0 spiro atoms. The number of aromatic nitrogens is 2. The molecular weight excluding hydrogens is 362 g/mol. The molecule has 1 aliphatic heterocycles. The molecule has 0 atom stereocenters. The van der Waals surface area contributed by atoms with Crippen LogP contribution in [0.4, 0.5) is 5.82 Å². The third kappa shape index (κ3) is 3.11. The molecule has 1 aliphatic rings. The van der Waals surface area contributed by atoms with E-state index in [2.05, 4.69) is 10.3 Å². The Bertz CT molecular complexity index is 1090. The van der Waals surface area contributed by atoms with Gasteiger partial charge in [-0.2, -0.15) is 0 Å². The number of rotatable bonds is 6. The minimum Gasteiger partial charge on any atom is -0.381 e. The maximum absolute atomic E-state index is 13.1. The second-order valence-electron chi connectivity index (χ2n) is 6.77. The van der Waals surface area contributed by atoms with Crippen molar-refractivity contribution in [2.45, 2.75) is 18.4 Å². The fourth-order valence-electron chi connectivity index (χ4n) is 3.47. The summed E-state index contributed by atoms with van der Waals surface area (Å²) in [4.78, 5) is 30.2. The lowest BCUT2D eigenvalue weighted by Gasteiger charge is -2.26. The Morgan fingerprint density at radius 2 is 2.07 bits per heavy atom. The van der Waals surface area contributed by atoms with Gasteiger partial charge in [0, 0.05) is 22.7 Å². The number of fused-ring (bicyclic) bond motifs is 2. The molecule has 1 N–H and O–H groups in total. The smallest absolute Gasteiger partial charge is 0.198 e. The molecule has 1 aromatic carbocycles. The van der Waals surface area contributed by atoms with E-state index in [4.69, 9.17) is 4.74 Å². The maximum Gasteiger partial charge on any atom is 0.198 e. The first-order valence-electron chi connectivity index (χ1n) is 8.90. The molecule has 0 saturated carbocycles. The van der Waals surface area contributed by atoms with E-state index in [-0.39, 0.29) is 12.0 Å². The summed E-state index contributed by atoms with van der Waals surface area (Å²) in [7, 11) is 0. The van der Waals surface area contributed by atoms with Crippen molar-refractivity contribution in [3.8, 4) is 0 Å². The fourth-order valence-corrected chi connectivity index (χ4v) is 4.27. The van der Waals surface area contributed by atoms with Crippen LogP contribution >= 0.6 is 11.8 Å². The van der Waals surface area contributed by atoms with E-state index in [9.17, 15) is 9.59 Å². The van der Waals surface area contributed by atoms with Crippen LogP contribution < -0.4 is 10.7 Å². The van der Waals surface area contributed by atoms with Crippen molar-refractivity contribution in [1.29, 1.82) is 0 Å². The van der Waals surface area contributed by atoms with E-state index in [1.54, 1.807) is 17.8 Å². The fraction of sp³-hybridized carbons (Fsp3) is 0.350. The van der Waals surface area contributed by atoms with E-state index in [0.717, 1.165) is 42.0 Å². The SMILES string of the molecule is CSc1c(C)ccc2c(=O)c3ccc(NCC4COC4)nc3n(CC=O)c12. The van der Waals surface area contributed by atoms with Crippen LogP contribution in [-0.4, -0.2) is 41.9 Å². The van der Waals surface area contributed by atoms with Gasteiger partial charge in [0.05, 0.1) is 30.7 Å².